The van der Waals surface area contributed by atoms with Gasteiger partial charge in [0.25, 0.3) is 5.91 Å². The quantitative estimate of drug-likeness (QED) is 0.693. The largest absolute Gasteiger partial charge is 0.491 e. The second-order valence-electron chi connectivity index (χ2n) is 8.20. The van der Waals surface area contributed by atoms with E-state index < -0.39 is 0 Å². The van der Waals surface area contributed by atoms with E-state index >= 15 is 0 Å². The van der Waals surface area contributed by atoms with E-state index in [1.165, 1.54) is 0 Å². The monoisotopic (exact) mass is 405 g/mol. The lowest BCUT2D eigenvalue weighted by atomic mass is 9.96. The molecule has 0 spiro atoms. The number of rotatable bonds is 5. The Hall–Kier alpha value is -2.86. The van der Waals surface area contributed by atoms with E-state index in [4.69, 9.17) is 14.5 Å². The summed E-state index contributed by atoms with van der Waals surface area (Å²) in [4.78, 5) is 23.3. The molecule has 2 unspecified atom stereocenters. The van der Waals surface area contributed by atoms with Crippen molar-refractivity contribution in [3.05, 3.63) is 59.9 Å². The molecule has 3 aromatic rings. The molecule has 1 N–H and O–H groups in total. The van der Waals surface area contributed by atoms with Gasteiger partial charge in [-0.3, -0.25) is 4.79 Å². The van der Waals surface area contributed by atoms with Gasteiger partial charge in [0.2, 0.25) is 0 Å². The zero-order chi connectivity index (χ0) is 20.3. The van der Waals surface area contributed by atoms with Gasteiger partial charge in [0.05, 0.1) is 17.1 Å². The number of para-hydroxylation sites is 2. The molecule has 3 heterocycles. The Balaban J connectivity index is 1.26. The minimum atomic E-state index is 0.0541. The van der Waals surface area contributed by atoms with Crippen molar-refractivity contribution in [3.8, 4) is 5.75 Å². The highest BCUT2D eigenvalue weighted by atomic mass is 16.5. The molecule has 0 aliphatic carbocycles. The maximum Gasteiger partial charge on any atom is 0.254 e. The first-order valence-electron chi connectivity index (χ1n) is 10.8. The second-order valence-corrected chi connectivity index (χ2v) is 8.20. The fourth-order valence-electron chi connectivity index (χ4n) is 4.42. The van der Waals surface area contributed by atoms with E-state index in [9.17, 15) is 4.79 Å². The van der Waals surface area contributed by atoms with Crippen LogP contribution in [0.5, 0.6) is 5.75 Å². The minimum absolute atomic E-state index is 0.0541. The summed E-state index contributed by atoms with van der Waals surface area (Å²) in [5.74, 6) is 1.98. The molecule has 0 radical (unpaired) electrons. The number of ether oxygens (including phenoxy) is 2. The molecule has 6 heteroatoms. The second kappa shape index (κ2) is 8.48. The van der Waals surface area contributed by atoms with Gasteiger partial charge >= 0.3 is 0 Å². The first kappa shape index (κ1) is 19.1. The van der Waals surface area contributed by atoms with Crippen molar-refractivity contribution in [3.63, 3.8) is 0 Å². The van der Waals surface area contributed by atoms with Crippen molar-refractivity contribution in [1.82, 2.24) is 14.9 Å². The summed E-state index contributed by atoms with van der Waals surface area (Å²) in [5.41, 5.74) is 2.70. The highest BCUT2D eigenvalue weighted by molar-refractivity contribution is 5.94. The van der Waals surface area contributed by atoms with E-state index in [2.05, 4.69) is 4.98 Å². The standard InChI is InChI=1S/C24H27N3O3/c28-24(17-6-3-8-19(14-17)30-16-20-9-5-13-29-20)27-12-4-7-18(15-27)23-25-21-10-1-2-11-22(21)26-23/h1-3,6,8,10-11,14,18,20H,4-5,7,9,12-13,15-16H2,(H,25,26). The van der Waals surface area contributed by atoms with Gasteiger partial charge in [-0.05, 0) is 56.0 Å². The van der Waals surface area contributed by atoms with Crippen LogP contribution >= 0.6 is 0 Å². The van der Waals surface area contributed by atoms with E-state index in [0.29, 0.717) is 18.7 Å². The lowest BCUT2D eigenvalue weighted by Gasteiger charge is -2.32. The average molecular weight is 405 g/mol. The summed E-state index contributed by atoms with van der Waals surface area (Å²) in [7, 11) is 0. The number of fused-ring (bicyclic) bond motifs is 1. The van der Waals surface area contributed by atoms with Gasteiger partial charge in [-0.2, -0.15) is 0 Å². The Morgan fingerprint density at radius 2 is 2.10 bits per heavy atom. The number of H-pyrrole nitrogens is 1. The first-order chi connectivity index (χ1) is 14.8. The third kappa shape index (κ3) is 4.05. The van der Waals surface area contributed by atoms with Gasteiger partial charge in [-0.15, -0.1) is 0 Å². The molecular weight excluding hydrogens is 378 g/mol. The topological polar surface area (TPSA) is 67.5 Å². The number of aromatic amines is 1. The molecule has 2 fully saturated rings. The molecule has 30 heavy (non-hydrogen) atoms. The number of piperidine rings is 1. The summed E-state index contributed by atoms with van der Waals surface area (Å²) >= 11 is 0. The predicted molar refractivity (Wildman–Crippen MR) is 115 cm³/mol. The van der Waals surface area contributed by atoms with Crippen molar-refractivity contribution in [2.45, 2.75) is 37.7 Å². The number of imidazole rings is 1. The smallest absolute Gasteiger partial charge is 0.254 e. The number of carbonyl (C=O) groups is 1. The van der Waals surface area contributed by atoms with Gasteiger partial charge in [-0.25, -0.2) is 4.98 Å². The van der Waals surface area contributed by atoms with Gasteiger partial charge in [0, 0.05) is 31.2 Å². The molecule has 1 aromatic heterocycles. The average Bonchev–Trinajstić information content (AvgIpc) is 3.47. The van der Waals surface area contributed by atoms with Gasteiger partial charge in [-0.1, -0.05) is 18.2 Å². The van der Waals surface area contributed by atoms with Crippen LogP contribution in [-0.2, 0) is 4.74 Å². The molecule has 1 amide bonds. The SMILES string of the molecule is O=C(c1cccc(OCC2CCCO2)c1)N1CCCC(c2nc3ccccc3[nH]2)C1. The van der Waals surface area contributed by atoms with Crippen LogP contribution in [0.2, 0.25) is 0 Å². The number of hydrogen-bond acceptors (Lipinski definition) is 4. The van der Waals surface area contributed by atoms with Crippen LogP contribution < -0.4 is 4.74 Å². The summed E-state index contributed by atoms with van der Waals surface area (Å²) < 4.78 is 11.5. The number of likely N-dealkylation sites (tertiary alicyclic amines) is 1. The third-order valence-corrected chi connectivity index (χ3v) is 6.04. The zero-order valence-electron chi connectivity index (χ0n) is 17.0. The maximum absolute atomic E-state index is 13.2. The fourth-order valence-corrected chi connectivity index (χ4v) is 4.42. The molecule has 5 rings (SSSR count). The Labute approximate surface area is 176 Å². The summed E-state index contributed by atoms with van der Waals surface area (Å²) in [5, 5.41) is 0. The maximum atomic E-state index is 13.2. The van der Waals surface area contributed by atoms with Crippen LogP contribution in [0, 0.1) is 0 Å². The number of nitrogens with zero attached hydrogens (tertiary/aromatic N) is 2. The molecule has 156 valence electrons. The van der Waals surface area contributed by atoms with Crippen LogP contribution in [0.1, 0.15) is 47.8 Å². The highest BCUT2D eigenvalue weighted by Gasteiger charge is 2.27. The third-order valence-electron chi connectivity index (χ3n) is 6.04. The fraction of sp³-hybridized carbons (Fsp3) is 0.417. The molecule has 0 saturated carbocycles. The van der Waals surface area contributed by atoms with Crippen LogP contribution in [0.25, 0.3) is 11.0 Å². The number of nitrogens with one attached hydrogen (secondary N) is 1. The number of carbonyl (C=O) groups excluding carboxylic acids is 1. The number of amides is 1. The number of aromatic nitrogens is 2. The molecule has 2 saturated heterocycles. The summed E-state index contributed by atoms with van der Waals surface area (Å²) in [6.45, 7) is 2.81. The number of hydrogen-bond donors (Lipinski definition) is 1. The molecule has 2 aliphatic heterocycles. The molecule has 2 aliphatic rings. The van der Waals surface area contributed by atoms with E-state index in [0.717, 1.165) is 61.4 Å². The van der Waals surface area contributed by atoms with Crippen LogP contribution in [-0.4, -0.2) is 53.2 Å². The van der Waals surface area contributed by atoms with E-state index in [1.54, 1.807) is 0 Å². The lowest BCUT2D eigenvalue weighted by Crippen LogP contribution is -2.39. The molecule has 6 nitrogen and oxygen atoms in total. The van der Waals surface area contributed by atoms with Crippen LogP contribution in [0.15, 0.2) is 48.5 Å². The minimum Gasteiger partial charge on any atom is -0.491 e. The molecule has 0 bridgehead atoms. The highest BCUT2D eigenvalue weighted by Crippen LogP contribution is 2.28. The van der Waals surface area contributed by atoms with Crippen molar-refractivity contribution < 1.29 is 14.3 Å². The Bertz CT molecular complexity index is 992. The van der Waals surface area contributed by atoms with Gasteiger partial charge < -0.3 is 19.4 Å². The summed E-state index contributed by atoms with van der Waals surface area (Å²) in [6.07, 6.45) is 4.30. The van der Waals surface area contributed by atoms with Gasteiger partial charge in [0.1, 0.15) is 18.2 Å². The van der Waals surface area contributed by atoms with Crippen molar-refractivity contribution in [2.24, 2.45) is 0 Å². The van der Waals surface area contributed by atoms with E-state index in [-0.39, 0.29) is 17.9 Å². The molecular formula is C24H27N3O3. The van der Waals surface area contributed by atoms with Crippen LogP contribution in [0.3, 0.4) is 0 Å². The van der Waals surface area contributed by atoms with Crippen molar-refractivity contribution >= 4 is 16.9 Å². The van der Waals surface area contributed by atoms with Crippen molar-refractivity contribution in [2.75, 3.05) is 26.3 Å². The Kier molecular flexibility index (Phi) is 5.41. The van der Waals surface area contributed by atoms with Gasteiger partial charge in [0.15, 0.2) is 0 Å². The molecule has 2 atom stereocenters. The lowest BCUT2D eigenvalue weighted by molar-refractivity contribution is 0.0673. The molecule has 2 aromatic carbocycles. The summed E-state index contributed by atoms with van der Waals surface area (Å²) in [6, 6.07) is 15.6. The normalized spacial score (nSPS) is 21.8. The van der Waals surface area contributed by atoms with E-state index in [1.807, 2.05) is 53.4 Å². The predicted octanol–water partition coefficient (Wildman–Crippen LogP) is 4.14. The van der Waals surface area contributed by atoms with Crippen molar-refractivity contribution in [1.29, 1.82) is 0 Å². The number of benzene rings is 2. The van der Waals surface area contributed by atoms with Crippen LogP contribution in [0.4, 0.5) is 0 Å². The first-order valence-corrected chi connectivity index (χ1v) is 10.8. The Morgan fingerprint density at radius 1 is 1.17 bits per heavy atom. The zero-order valence-corrected chi connectivity index (χ0v) is 17.0. The Morgan fingerprint density at radius 3 is 2.97 bits per heavy atom.